The van der Waals surface area contributed by atoms with Crippen LogP contribution in [0, 0.1) is 5.92 Å². The van der Waals surface area contributed by atoms with Crippen LogP contribution >= 0.6 is 0 Å². The van der Waals surface area contributed by atoms with Gasteiger partial charge < -0.3 is 14.3 Å². The van der Waals surface area contributed by atoms with E-state index in [1.54, 1.807) is 7.11 Å². The molecule has 0 spiro atoms. The Morgan fingerprint density at radius 2 is 2.05 bits per heavy atom. The van der Waals surface area contributed by atoms with E-state index in [1.165, 1.54) is 6.42 Å². The fourth-order valence-corrected chi connectivity index (χ4v) is 3.40. The van der Waals surface area contributed by atoms with E-state index in [4.69, 9.17) is 4.74 Å². The van der Waals surface area contributed by atoms with Gasteiger partial charge in [-0.2, -0.15) is 0 Å². The molecule has 112 valence electrons. The Balaban J connectivity index is 2.32. The normalized spacial score (nSPS) is 27.4. The first-order valence-corrected chi connectivity index (χ1v) is 7.52. The van der Waals surface area contributed by atoms with Crippen LogP contribution in [0.4, 0.5) is 0 Å². The second kappa shape index (κ2) is 5.74. The van der Waals surface area contributed by atoms with Crippen molar-refractivity contribution in [2.45, 2.75) is 31.3 Å². The maximum Gasteiger partial charge on any atom is 0.119 e. The van der Waals surface area contributed by atoms with Gasteiger partial charge in [0.2, 0.25) is 0 Å². The Labute approximate surface area is 122 Å². The Morgan fingerprint density at radius 1 is 1.30 bits per heavy atom. The first kappa shape index (κ1) is 15.3. The molecule has 0 amide bonds. The minimum atomic E-state index is -0.710. The van der Waals surface area contributed by atoms with Crippen LogP contribution in [0.5, 0.6) is 5.75 Å². The molecule has 2 rings (SSSR count). The monoisotopic (exact) mass is 278 g/mol. The molecule has 20 heavy (non-hydrogen) atoms. The summed E-state index contributed by atoms with van der Waals surface area (Å²) in [7, 11) is 8.26. The second-order valence-electron chi connectivity index (χ2n) is 7.07. The van der Waals surface area contributed by atoms with Crippen molar-refractivity contribution in [1.82, 2.24) is 0 Å². The number of ether oxygens (including phenoxy) is 1. The first-order valence-electron chi connectivity index (χ1n) is 7.52. The Bertz CT molecular complexity index is 453. The molecule has 3 heteroatoms. The standard InChI is InChI=1S/C17H28NO2/c1-18(2,3)13-15-8-5-6-11-17(15,19)14-9-7-10-16(12-14)20-4/h7,9-10,12,15,19H,5-6,8,11,13H2,1-4H3/q+1/t15-,17-/m1/s1. The summed E-state index contributed by atoms with van der Waals surface area (Å²) >= 11 is 0. The van der Waals surface area contributed by atoms with E-state index in [-0.39, 0.29) is 0 Å². The SMILES string of the molecule is COc1cccc([C@]2(O)CCCC[C@@H]2C[N+](C)(C)C)c1. The Morgan fingerprint density at radius 3 is 2.70 bits per heavy atom. The number of nitrogens with zero attached hydrogens (tertiary/aromatic N) is 1. The van der Waals surface area contributed by atoms with Crippen LogP contribution < -0.4 is 4.74 Å². The third kappa shape index (κ3) is 3.33. The lowest BCUT2D eigenvalue weighted by Gasteiger charge is -2.43. The zero-order valence-electron chi connectivity index (χ0n) is 13.2. The van der Waals surface area contributed by atoms with E-state index < -0.39 is 5.60 Å². The van der Waals surface area contributed by atoms with Gasteiger partial charge in [-0.25, -0.2) is 0 Å². The average molecular weight is 278 g/mol. The summed E-state index contributed by atoms with van der Waals surface area (Å²) in [5, 5.41) is 11.3. The fraction of sp³-hybridized carbons (Fsp3) is 0.647. The molecule has 0 heterocycles. The highest BCUT2D eigenvalue weighted by molar-refractivity contribution is 5.33. The van der Waals surface area contributed by atoms with Crippen LogP contribution in [0.1, 0.15) is 31.2 Å². The van der Waals surface area contributed by atoms with Crippen LogP contribution in [0.3, 0.4) is 0 Å². The number of hydrogen-bond donors (Lipinski definition) is 1. The van der Waals surface area contributed by atoms with Gasteiger partial charge in [0.05, 0.1) is 40.4 Å². The second-order valence-corrected chi connectivity index (χ2v) is 7.07. The van der Waals surface area contributed by atoms with E-state index in [1.807, 2.05) is 24.3 Å². The number of methoxy groups -OCH3 is 1. The maximum atomic E-state index is 11.3. The van der Waals surface area contributed by atoms with Gasteiger partial charge in [0.15, 0.2) is 0 Å². The molecule has 0 aromatic heterocycles. The third-order valence-electron chi connectivity index (χ3n) is 4.37. The van der Waals surface area contributed by atoms with E-state index in [0.717, 1.165) is 41.6 Å². The number of aliphatic hydroxyl groups is 1. The molecule has 0 aliphatic heterocycles. The van der Waals surface area contributed by atoms with Gasteiger partial charge in [0.1, 0.15) is 5.75 Å². The van der Waals surface area contributed by atoms with Crippen molar-refractivity contribution in [1.29, 1.82) is 0 Å². The number of rotatable bonds is 4. The fourth-order valence-electron chi connectivity index (χ4n) is 3.40. The van der Waals surface area contributed by atoms with Crippen molar-refractivity contribution in [2.75, 3.05) is 34.8 Å². The first-order chi connectivity index (χ1) is 9.35. The molecule has 0 bridgehead atoms. The van der Waals surface area contributed by atoms with Gasteiger partial charge in [-0.1, -0.05) is 25.0 Å². The average Bonchev–Trinajstić information content (AvgIpc) is 2.40. The van der Waals surface area contributed by atoms with Crippen molar-refractivity contribution in [2.24, 2.45) is 5.92 Å². The van der Waals surface area contributed by atoms with E-state index in [2.05, 4.69) is 21.1 Å². The van der Waals surface area contributed by atoms with Gasteiger partial charge in [-0.3, -0.25) is 0 Å². The number of quaternary nitrogens is 1. The van der Waals surface area contributed by atoms with Gasteiger partial charge in [0.25, 0.3) is 0 Å². The lowest BCUT2D eigenvalue weighted by molar-refractivity contribution is -0.875. The molecule has 1 aliphatic rings. The molecular formula is C17H28NO2+. The molecule has 1 aromatic rings. The molecule has 0 radical (unpaired) electrons. The van der Waals surface area contributed by atoms with Crippen molar-refractivity contribution < 1.29 is 14.3 Å². The zero-order valence-corrected chi connectivity index (χ0v) is 13.2. The lowest BCUT2D eigenvalue weighted by Crippen LogP contribution is -2.48. The molecule has 1 fully saturated rings. The van der Waals surface area contributed by atoms with E-state index >= 15 is 0 Å². The summed E-state index contributed by atoms with van der Waals surface area (Å²) in [4.78, 5) is 0. The quantitative estimate of drug-likeness (QED) is 0.858. The van der Waals surface area contributed by atoms with Crippen molar-refractivity contribution in [3.8, 4) is 5.75 Å². The Hall–Kier alpha value is -1.06. The molecule has 1 aliphatic carbocycles. The Kier molecular flexibility index (Phi) is 4.40. The predicted molar refractivity (Wildman–Crippen MR) is 81.7 cm³/mol. The minimum absolute atomic E-state index is 0.309. The van der Waals surface area contributed by atoms with Crippen LogP contribution in [0.2, 0.25) is 0 Å². The van der Waals surface area contributed by atoms with Gasteiger partial charge in [-0.15, -0.1) is 0 Å². The maximum absolute atomic E-state index is 11.3. The van der Waals surface area contributed by atoms with Crippen molar-refractivity contribution in [3.05, 3.63) is 29.8 Å². The highest BCUT2D eigenvalue weighted by Crippen LogP contribution is 2.43. The van der Waals surface area contributed by atoms with E-state index in [0.29, 0.717) is 5.92 Å². The molecular weight excluding hydrogens is 250 g/mol. The zero-order chi connectivity index (χ0) is 14.8. The summed E-state index contributed by atoms with van der Waals surface area (Å²) in [6.45, 7) is 0.994. The molecule has 1 aromatic carbocycles. The van der Waals surface area contributed by atoms with Crippen LogP contribution in [0.25, 0.3) is 0 Å². The molecule has 0 unspecified atom stereocenters. The summed E-state index contributed by atoms with van der Waals surface area (Å²) in [6, 6.07) is 7.94. The van der Waals surface area contributed by atoms with Crippen LogP contribution in [-0.4, -0.2) is 44.4 Å². The number of benzene rings is 1. The number of hydrogen-bond acceptors (Lipinski definition) is 2. The predicted octanol–water partition coefficient (Wildman–Crippen LogP) is 2.78. The topological polar surface area (TPSA) is 29.5 Å². The largest absolute Gasteiger partial charge is 0.497 e. The van der Waals surface area contributed by atoms with Crippen molar-refractivity contribution >= 4 is 0 Å². The molecule has 0 saturated heterocycles. The molecule has 2 atom stereocenters. The van der Waals surface area contributed by atoms with Crippen molar-refractivity contribution in [3.63, 3.8) is 0 Å². The highest BCUT2D eigenvalue weighted by Gasteiger charge is 2.43. The molecule has 1 saturated carbocycles. The molecule has 1 N–H and O–H groups in total. The summed E-state index contributed by atoms with van der Waals surface area (Å²) < 4.78 is 6.20. The third-order valence-corrected chi connectivity index (χ3v) is 4.37. The van der Waals surface area contributed by atoms with E-state index in [9.17, 15) is 5.11 Å². The lowest BCUT2D eigenvalue weighted by atomic mass is 9.71. The molecule has 3 nitrogen and oxygen atoms in total. The van der Waals surface area contributed by atoms with Crippen LogP contribution in [-0.2, 0) is 5.60 Å². The van der Waals surface area contributed by atoms with Gasteiger partial charge >= 0.3 is 0 Å². The van der Waals surface area contributed by atoms with Gasteiger partial charge in [0, 0.05) is 5.92 Å². The highest BCUT2D eigenvalue weighted by atomic mass is 16.5. The van der Waals surface area contributed by atoms with Gasteiger partial charge in [-0.05, 0) is 30.5 Å². The smallest absolute Gasteiger partial charge is 0.119 e. The van der Waals surface area contributed by atoms with Crippen LogP contribution in [0.15, 0.2) is 24.3 Å². The summed E-state index contributed by atoms with van der Waals surface area (Å²) in [5.41, 5.74) is 0.299. The minimum Gasteiger partial charge on any atom is -0.497 e. The summed E-state index contributed by atoms with van der Waals surface area (Å²) in [6.07, 6.45) is 4.27. The summed E-state index contributed by atoms with van der Waals surface area (Å²) in [5.74, 6) is 1.13.